The SMILES string of the molecule is CC1(Cn2c(CCCl)nc3ccc(F)c(F)c32)CCCC1. The topological polar surface area (TPSA) is 17.8 Å². The second kappa shape index (κ2) is 5.56. The highest BCUT2D eigenvalue weighted by molar-refractivity contribution is 6.17. The minimum atomic E-state index is -0.822. The van der Waals surface area contributed by atoms with Crippen LogP contribution in [0.25, 0.3) is 11.0 Å². The molecule has 0 radical (unpaired) electrons. The smallest absolute Gasteiger partial charge is 0.184 e. The molecule has 21 heavy (non-hydrogen) atoms. The van der Waals surface area contributed by atoms with Gasteiger partial charge in [-0.2, -0.15) is 0 Å². The molecule has 0 saturated heterocycles. The van der Waals surface area contributed by atoms with Crippen LogP contribution in [0.3, 0.4) is 0 Å². The van der Waals surface area contributed by atoms with Crippen molar-refractivity contribution in [3.63, 3.8) is 0 Å². The molecule has 1 aliphatic carbocycles. The lowest BCUT2D eigenvalue weighted by atomic mass is 9.88. The Bertz CT molecular complexity index is 660. The number of aryl methyl sites for hydroxylation is 1. The standard InChI is InChI=1S/C16H19ClF2N2/c1-16(7-2-3-8-16)10-21-13(6-9-17)20-12-5-4-11(18)14(19)15(12)21/h4-5H,2-3,6-10H2,1H3. The van der Waals surface area contributed by atoms with Crippen molar-refractivity contribution in [1.29, 1.82) is 0 Å². The van der Waals surface area contributed by atoms with E-state index in [1.807, 2.05) is 4.57 Å². The Hall–Kier alpha value is -1.16. The molecule has 0 N–H and O–H groups in total. The van der Waals surface area contributed by atoms with Gasteiger partial charge in [0.2, 0.25) is 0 Å². The molecule has 1 aliphatic rings. The maximum absolute atomic E-state index is 14.2. The minimum absolute atomic E-state index is 0.132. The predicted octanol–water partition coefficient (Wildman–Crippen LogP) is 4.68. The zero-order valence-corrected chi connectivity index (χ0v) is 12.9. The first-order chi connectivity index (χ1) is 10.0. The molecule has 2 aromatic rings. The van der Waals surface area contributed by atoms with E-state index >= 15 is 0 Å². The summed E-state index contributed by atoms with van der Waals surface area (Å²) in [5.41, 5.74) is 0.923. The van der Waals surface area contributed by atoms with E-state index in [9.17, 15) is 8.78 Å². The molecular formula is C16H19ClF2N2. The van der Waals surface area contributed by atoms with Gasteiger partial charge in [-0.25, -0.2) is 13.8 Å². The Morgan fingerprint density at radius 2 is 2.00 bits per heavy atom. The number of hydrogen-bond donors (Lipinski definition) is 0. The Morgan fingerprint density at radius 1 is 1.29 bits per heavy atom. The summed E-state index contributed by atoms with van der Waals surface area (Å²) < 4.78 is 29.7. The van der Waals surface area contributed by atoms with Crippen LogP contribution in [0.1, 0.15) is 38.4 Å². The number of fused-ring (bicyclic) bond motifs is 1. The van der Waals surface area contributed by atoms with Crippen molar-refractivity contribution in [3.05, 3.63) is 29.6 Å². The van der Waals surface area contributed by atoms with Crippen molar-refractivity contribution in [2.24, 2.45) is 5.41 Å². The molecule has 5 heteroatoms. The molecule has 1 aromatic heterocycles. The summed E-state index contributed by atoms with van der Waals surface area (Å²) in [6, 6.07) is 2.68. The molecule has 0 bridgehead atoms. The number of aromatic nitrogens is 2. The van der Waals surface area contributed by atoms with Gasteiger partial charge in [0.05, 0.1) is 5.52 Å². The first-order valence-electron chi connectivity index (χ1n) is 7.43. The molecule has 0 spiro atoms. The van der Waals surface area contributed by atoms with E-state index in [1.165, 1.54) is 12.8 Å². The van der Waals surface area contributed by atoms with Crippen LogP contribution in [0.4, 0.5) is 8.78 Å². The van der Waals surface area contributed by atoms with Crippen LogP contribution in [0.2, 0.25) is 0 Å². The largest absolute Gasteiger partial charge is 0.325 e. The van der Waals surface area contributed by atoms with Crippen LogP contribution in [-0.2, 0) is 13.0 Å². The van der Waals surface area contributed by atoms with E-state index < -0.39 is 11.6 Å². The van der Waals surface area contributed by atoms with E-state index in [0.717, 1.165) is 24.7 Å². The van der Waals surface area contributed by atoms with Crippen LogP contribution in [0.15, 0.2) is 12.1 Å². The third kappa shape index (κ3) is 2.66. The first kappa shape index (κ1) is 14.8. The molecule has 0 atom stereocenters. The Morgan fingerprint density at radius 3 is 2.67 bits per heavy atom. The van der Waals surface area contributed by atoms with E-state index in [4.69, 9.17) is 11.6 Å². The predicted molar refractivity (Wildman–Crippen MR) is 80.6 cm³/mol. The second-order valence-electron chi connectivity index (χ2n) is 6.30. The number of halogens is 3. The van der Waals surface area contributed by atoms with Gasteiger partial charge in [-0.3, -0.25) is 0 Å². The number of benzene rings is 1. The van der Waals surface area contributed by atoms with Crippen molar-refractivity contribution < 1.29 is 8.78 Å². The molecule has 0 unspecified atom stereocenters. The first-order valence-corrected chi connectivity index (χ1v) is 7.97. The van der Waals surface area contributed by atoms with Gasteiger partial charge in [0.15, 0.2) is 11.6 Å². The molecule has 1 fully saturated rings. The normalized spacial score (nSPS) is 17.7. The van der Waals surface area contributed by atoms with E-state index in [1.54, 1.807) is 6.07 Å². The van der Waals surface area contributed by atoms with Gasteiger partial charge < -0.3 is 4.57 Å². The Labute approximate surface area is 128 Å². The van der Waals surface area contributed by atoms with Crippen LogP contribution in [0.5, 0.6) is 0 Å². The quantitative estimate of drug-likeness (QED) is 0.750. The molecule has 0 amide bonds. The minimum Gasteiger partial charge on any atom is -0.325 e. The van der Waals surface area contributed by atoms with Crippen molar-refractivity contribution in [3.8, 4) is 0 Å². The lowest BCUT2D eigenvalue weighted by Crippen LogP contribution is -2.21. The lowest BCUT2D eigenvalue weighted by Gasteiger charge is -2.25. The maximum Gasteiger partial charge on any atom is 0.184 e. The van der Waals surface area contributed by atoms with Crippen molar-refractivity contribution in [1.82, 2.24) is 9.55 Å². The van der Waals surface area contributed by atoms with Crippen LogP contribution >= 0.6 is 11.6 Å². The molecule has 3 rings (SSSR count). The van der Waals surface area contributed by atoms with Crippen molar-refractivity contribution >= 4 is 22.6 Å². The van der Waals surface area contributed by atoms with Gasteiger partial charge in [0.25, 0.3) is 0 Å². The van der Waals surface area contributed by atoms with E-state index in [-0.39, 0.29) is 10.9 Å². The van der Waals surface area contributed by atoms with Gasteiger partial charge in [0.1, 0.15) is 11.3 Å². The molecule has 2 nitrogen and oxygen atoms in total. The van der Waals surface area contributed by atoms with Gasteiger partial charge in [-0.05, 0) is 30.4 Å². The summed E-state index contributed by atoms with van der Waals surface area (Å²) in [5.74, 6) is -0.456. The van der Waals surface area contributed by atoms with Gasteiger partial charge in [-0.1, -0.05) is 19.8 Å². The average Bonchev–Trinajstić information content (AvgIpc) is 3.01. The fourth-order valence-electron chi connectivity index (χ4n) is 3.42. The number of imidazole rings is 1. The summed E-state index contributed by atoms with van der Waals surface area (Å²) in [6.45, 7) is 2.89. The summed E-state index contributed by atoms with van der Waals surface area (Å²) in [6.07, 6.45) is 5.19. The number of nitrogens with zero attached hydrogens (tertiary/aromatic N) is 2. The highest BCUT2D eigenvalue weighted by Gasteiger charge is 2.31. The summed E-state index contributed by atoms with van der Waals surface area (Å²) in [7, 11) is 0. The summed E-state index contributed by atoms with van der Waals surface area (Å²) in [5, 5.41) is 0. The highest BCUT2D eigenvalue weighted by atomic mass is 35.5. The van der Waals surface area contributed by atoms with Crippen molar-refractivity contribution in [2.75, 3.05) is 5.88 Å². The summed E-state index contributed by atoms with van der Waals surface area (Å²) in [4.78, 5) is 4.45. The van der Waals surface area contributed by atoms with Crippen LogP contribution < -0.4 is 0 Å². The zero-order chi connectivity index (χ0) is 15.0. The van der Waals surface area contributed by atoms with Crippen molar-refractivity contribution in [2.45, 2.75) is 45.6 Å². The molecular weight excluding hydrogens is 294 g/mol. The lowest BCUT2D eigenvalue weighted by molar-refractivity contribution is 0.281. The van der Waals surface area contributed by atoms with Gasteiger partial charge in [0, 0.05) is 18.8 Å². The monoisotopic (exact) mass is 312 g/mol. The van der Waals surface area contributed by atoms with E-state index in [2.05, 4.69) is 11.9 Å². The molecule has 1 aromatic carbocycles. The van der Waals surface area contributed by atoms with Crippen LogP contribution in [-0.4, -0.2) is 15.4 Å². The van der Waals surface area contributed by atoms with Crippen LogP contribution in [0, 0.1) is 17.0 Å². The third-order valence-corrected chi connectivity index (χ3v) is 4.74. The highest BCUT2D eigenvalue weighted by Crippen LogP contribution is 2.40. The summed E-state index contributed by atoms with van der Waals surface area (Å²) >= 11 is 5.84. The molecule has 114 valence electrons. The number of hydrogen-bond acceptors (Lipinski definition) is 1. The Kier molecular flexibility index (Phi) is 3.91. The average molecular weight is 313 g/mol. The molecule has 0 aliphatic heterocycles. The maximum atomic E-state index is 14.2. The second-order valence-corrected chi connectivity index (χ2v) is 6.68. The number of rotatable bonds is 4. The fraction of sp³-hybridized carbons (Fsp3) is 0.562. The fourth-order valence-corrected chi connectivity index (χ4v) is 3.59. The van der Waals surface area contributed by atoms with Gasteiger partial charge >= 0.3 is 0 Å². The molecule has 1 heterocycles. The Balaban J connectivity index is 2.12. The zero-order valence-electron chi connectivity index (χ0n) is 12.1. The third-order valence-electron chi connectivity index (χ3n) is 4.55. The van der Waals surface area contributed by atoms with E-state index in [0.29, 0.717) is 24.4 Å². The van der Waals surface area contributed by atoms with Gasteiger partial charge in [-0.15, -0.1) is 11.6 Å². The number of alkyl halides is 1. The molecule has 1 saturated carbocycles.